The maximum atomic E-state index is 12.0. The van der Waals surface area contributed by atoms with Crippen molar-refractivity contribution in [2.24, 2.45) is 0 Å². The van der Waals surface area contributed by atoms with Crippen molar-refractivity contribution in [1.82, 2.24) is 0 Å². The maximum absolute atomic E-state index is 12.0. The molecule has 0 radical (unpaired) electrons. The number of nitro benzene ring substituents is 1. The average Bonchev–Trinajstić information content (AvgIpc) is 2.49. The number of carboxylic acids is 1. The van der Waals surface area contributed by atoms with Crippen LogP contribution in [0.2, 0.25) is 0 Å². The summed E-state index contributed by atoms with van der Waals surface area (Å²) < 4.78 is 0. The number of aromatic hydroxyl groups is 1. The molecule has 23 heavy (non-hydrogen) atoms. The molecule has 0 heterocycles. The highest BCUT2D eigenvalue weighted by atomic mass is 16.6. The number of nitro groups is 1. The molecular weight excluding hydrogens is 304 g/mol. The fraction of sp³-hybridized carbons (Fsp3) is 0.0667. The van der Waals surface area contributed by atoms with Gasteiger partial charge in [-0.2, -0.15) is 0 Å². The van der Waals surface area contributed by atoms with E-state index in [0.717, 1.165) is 12.1 Å². The number of hydrogen-bond acceptors (Lipinski definition) is 5. The van der Waals surface area contributed by atoms with Crippen LogP contribution in [0.3, 0.4) is 0 Å². The van der Waals surface area contributed by atoms with Crippen molar-refractivity contribution in [2.45, 2.75) is 6.42 Å². The molecule has 0 aliphatic rings. The Balaban J connectivity index is 2.16. The molecule has 1 amide bonds. The molecule has 2 aromatic carbocycles. The summed E-state index contributed by atoms with van der Waals surface area (Å²) in [7, 11) is 0. The number of aromatic carboxylic acids is 1. The SMILES string of the molecule is O=C(Cc1ccccc1[N+](=O)[O-])Nc1ccc(O)c(C(=O)O)c1. The number of nitrogens with zero attached hydrogens (tertiary/aromatic N) is 1. The largest absolute Gasteiger partial charge is 0.507 e. The van der Waals surface area contributed by atoms with Gasteiger partial charge in [0.15, 0.2) is 0 Å². The van der Waals surface area contributed by atoms with Crippen molar-refractivity contribution < 1.29 is 24.7 Å². The number of anilines is 1. The van der Waals surface area contributed by atoms with E-state index in [1.54, 1.807) is 6.07 Å². The molecule has 0 bridgehead atoms. The molecule has 8 heteroatoms. The predicted molar refractivity (Wildman–Crippen MR) is 80.5 cm³/mol. The standard InChI is InChI=1S/C15H12N2O6/c18-13-6-5-10(8-11(13)15(20)21)16-14(19)7-9-3-1-2-4-12(9)17(22)23/h1-6,8,18H,7H2,(H,16,19)(H,20,21). The van der Waals surface area contributed by atoms with Gasteiger partial charge in [-0.1, -0.05) is 18.2 Å². The van der Waals surface area contributed by atoms with E-state index in [9.17, 15) is 24.8 Å². The molecule has 2 aromatic rings. The first-order valence-corrected chi connectivity index (χ1v) is 6.47. The Morgan fingerprint density at radius 1 is 1.17 bits per heavy atom. The van der Waals surface area contributed by atoms with Crippen molar-refractivity contribution in [2.75, 3.05) is 5.32 Å². The molecule has 0 saturated carbocycles. The smallest absolute Gasteiger partial charge is 0.339 e. The number of amides is 1. The van der Waals surface area contributed by atoms with Gasteiger partial charge in [-0.25, -0.2) is 4.79 Å². The lowest BCUT2D eigenvalue weighted by molar-refractivity contribution is -0.385. The van der Waals surface area contributed by atoms with Gasteiger partial charge in [-0.3, -0.25) is 14.9 Å². The van der Waals surface area contributed by atoms with E-state index in [-0.39, 0.29) is 28.9 Å². The molecule has 0 aromatic heterocycles. The lowest BCUT2D eigenvalue weighted by atomic mass is 10.1. The molecule has 0 aliphatic carbocycles. The Morgan fingerprint density at radius 2 is 1.87 bits per heavy atom. The molecule has 118 valence electrons. The van der Waals surface area contributed by atoms with Gasteiger partial charge in [0.25, 0.3) is 5.69 Å². The number of rotatable bonds is 5. The summed E-state index contributed by atoms with van der Waals surface area (Å²) in [5.41, 5.74) is -0.107. The van der Waals surface area contributed by atoms with Gasteiger partial charge in [-0.05, 0) is 18.2 Å². The molecule has 0 aliphatic heterocycles. The second kappa shape index (κ2) is 6.56. The number of carbonyl (C=O) groups is 2. The van der Waals surface area contributed by atoms with Gasteiger partial charge >= 0.3 is 5.97 Å². The first-order chi connectivity index (χ1) is 10.9. The van der Waals surface area contributed by atoms with Gasteiger partial charge in [0.05, 0.1) is 11.3 Å². The van der Waals surface area contributed by atoms with E-state index in [4.69, 9.17) is 5.11 Å². The monoisotopic (exact) mass is 316 g/mol. The van der Waals surface area contributed by atoms with Crippen LogP contribution >= 0.6 is 0 Å². The molecule has 2 rings (SSSR count). The Morgan fingerprint density at radius 3 is 2.52 bits per heavy atom. The third-order valence-electron chi connectivity index (χ3n) is 3.05. The summed E-state index contributed by atoms with van der Waals surface area (Å²) in [5, 5.41) is 31.7. The number of carboxylic acid groups (broad SMARTS) is 1. The third-order valence-corrected chi connectivity index (χ3v) is 3.05. The zero-order valence-electron chi connectivity index (χ0n) is 11.7. The van der Waals surface area contributed by atoms with Gasteiger partial charge < -0.3 is 15.5 Å². The topological polar surface area (TPSA) is 130 Å². The molecule has 0 spiro atoms. The Hall–Kier alpha value is -3.42. The normalized spacial score (nSPS) is 10.1. The number of para-hydroxylation sites is 1. The lowest BCUT2D eigenvalue weighted by Gasteiger charge is -2.07. The summed E-state index contributed by atoms with van der Waals surface area (Å²) in [6, 6.07) is 9.43. The predicted octanol–water partition coefficient (Wildman–Crippen LogP) is 2.18. The highest BCUT2D eigenvalue weighted by Gasteiger charge is 2.16. The lowest BCUT2D eigenvalue weighted by Crippen LogP contribution is -2.15. The van der Waals surface area contributed by atoms with Crippen molar-refractivity contribution in [3.05, 3.63) is 63.7 Å². The molecule has 0 atom stereocenters. The molecule has 3 N–H and O–H groups in total. The van der Waals surface area contributed by atoms with E-state index >= 15 is 0 Å². The van der Waals surface area contributed by atoms with Crippen LogP contribution in [0.5, 0.6) is 5.75 Å². The minimum atomic E-state index is -1.34. The van der Waals surface area contributed by atoms with Crippen molar-refractivity contribution in [3.63, 3.8) is 0 Å². The molecule has 0 saturated heterocycles. The summed E-state index contributed by atoms with van der Waals surface area (Å²) in [4.78, 5) is 33.2. The van der Waals surface area contributed by atoms with Crippen molar-refractivity contribution in [1.29, 1.82) is 0 Å². The Labute approximate surface area is 130 Å². The van der Waals surface area contributed by atoms with Crippen LogP contribution in [0.25, 0.3) is 0 Å². The van der Waals surface area contributed by atoms with E-state index in [2.05, 4.69) is 5.32 Å². The maximum Gasteiger partial charge on any atom is 0.339 e. The zero-order chi connectivity index (χ0) is 17.0. The van der Waals surface area contributed by atoms with Crippen LogP contribution in [0.4, 0.5) is 11.4 Å². The van der Waals surface area contributed by atoms with Crippen molar-refractivity contribution in [3.8, 4) is 5.75 Å². The van der Waals surface area contributed by atoms with E-state index in [1.165, 1.54) is 24.3 Å². The summed E-state index contributed by atoms with van der Waals surface area (Å²) >= 11 is 0. The molecule has 0 unspecified atom stereocenters. The second-order valence-corrected chi connectivity index (χ2v) is 4.65. The molecular formula is C15H12N2O6. The summed E-state index contributed by atoms with van der Waals surface area (Å²) in [6.07, 6.45) is -0.236. The fourth-order valence-corrected chi connectivity index (χ4v) is 2.00. The van der Waals surface area contributed by atoms with Crippen LogP contribution < -0.4 is 5.32 Å². The number of nitrogens with one attached hydrogen (secondary N) is 1. The zero-order valence-corrected chi connectivity index (χ0v) is 11.7. The first-order valence-electron chi connectivity index (χ1n) is 6.47. The third kappa shape index (κ3) is 3.82. The van der Waals surface area contributed by atoms with Crippen molar-refractivity contribution >= 4 is 23.3 Å². The van der Waals surface area contributed by atoms with Crippen LogP contribution in [-0.2, 0) is 11.2 Å². The number of benzene rings is 2. The quantitative estimate of drug-likeness (QED) is 0.440. The van der Waals surface area contributed by atoms with Crippen LogP contribution in [0.15, 0.2) is 42.5 Å². The highest BCUT2D eigenvalue weighted by Crippen LogP contribution is 2.22. The van der Waals surface area contributed by atoms with Crippen LogP contribution in [0.1, 0.15) is 15.9 Å². The number of phenols is 1. The van der Waals surface area contributed by atoms with E-state index < -0.39 is 22.5 Å². The second-order valence-electron chi connectivity index (χ2n) is 4.65. The fourth-order valence-electron chi connectivity index (χ4n) is 2.00. The Bertz CT molecular complexity index is 787. The van der Waals surface area contributed by atoms with Gasteiger partial charge in [-0.15, -0.1) is 0 Å². The minimum Gasteiger partial charge on any atom is -0.507 e. The number of hydrogen-bond donors (Lipinski definition) is 3. The average molecular weight is 316 g/mol. The van der Waals surface area contributed by atoms with Gasteiger partial charge in [0.1, 0.15) is 11.3 Å². The summed E-state index contributed by atoms with van der Waals surface area (Å²) in [6.45, 7) is 0. The Kier molecular flexibility index (Phi) is 4.55. The summed E-state index contributed by atoms with van der Waals surface area (Å²) in [5.74, 6) is -2.30. The van der Waals surface area contributed by atoms with E-state index in [0.29, 0.717) is 0 Å². The van der Waals surface area contributed by atoms with E-state index in [1.807, 2.05) is 0 Å². The minimum absolute atomic E-state index is 0.167. The number of carbonyl (C=O) groups excluding carboxylic acids is 1. The molecule has 0 fully saturated rings. The van der Waals surface area contributed by atoms with Gasteiger partial charge in [0.2, 0.25) is 5.91 Å². The first kappa shape index (κ1) is 16.0. The van der Waals surface area contributed by atoms with Crippen LogP contribution in [-0.4, -0.2) is 27.0 Å². The highest BCUT2D eigenvalue weighted by molar-refractivity contribution is 5.96. The van der Waals surface area contributed by atoms with Crippen LogP contribution in [0, 0.1) is 10.1 Å². The van der Waals surface area contributed by atoms with Gasteiger partial charge in [0, 0.05) is 17.3 Å². The molecule has 8 nitrogen and oxygen atoms in total.